The van der Waals surface area contributed by atoms with Crippen molar-refractivity contribution in [1.82, 2.24) is 20.2 Å². The number of imide groups is 1. The second-order valence-electron chi connectivity index (χ2n) is 8.36. The Kier molecular flexibility index (Phi) is 3.14. The maximum Gasteiger partial charge on any atom is 0.259 e. The Labute approximate surface area is 175 Å². The first-order valence-electron chi connectivity index (χ1n) is 10.4. The molecule has 2 aliphatic heterocycles. The number of fused-ring (bicyclic) bond motifs is 10. The van der Waals surface area contributed by atoms with Gasteiger partial charge in [-0.3, -0.25) is 14.9 Å². The molecule has 0 saturated heterocycles. The lowest BCUT2D eigenvalue weighted by Crippen LogP contribution is -2.34. The van der Waals surface area contributed by atoms with Gasteiger partial charge < -0.3 is 20.0 Å². The van der Waals surface area contributed by atoms with Crippen molar-refractivity contribution in [3.05, 3.63) is 59.2 Å². The maximum absolute atomic E-state index is 13.0. The van der Waals surface area contributed by atoms with Crippen LogP contribution < -0.4 is 10.6 Å². The summed E-state index contributed by atoms with van der Waals surface area (Å²) in [5.41, 5.74) is 5.72. The van der Waals surface area contributed by atoms with Crippen molar-refractivity contribution in [1.29, 1.82) is 0 Å². The van der Waals surface area contributed by atoms with Gasteiger partial charge in [-0.2, -0.15) is 0 Å². The van der Waals surface area contributed by atoms with Crippen molar-refractivity contribution in [2.45, 2.75) is 19.1 Å². The van der Waals surface area contributed by atoms with Gasteiger partial charge in [0.1, 0.15) is 0 Å². The van der Waals surface area contributed by atoms with Gasteiger partial charge in [0.25, 0.3) is 11.8 Å². The molecule has 4 heterocycles. The molecule has 2 amide bonds. The number of benzene rings is 3. The minimum absolute atomic E-state index is 0.00884. The SMILES string of the molecule is O=C1NC(=O)c2c1c1c3ccccc3[nH]c1c1c2c2cccc3c2n1C[C@H](CO)NC3. The summed E-state index contributed by atoms with van der Waals surface area (Å²) in [6.45, 7) is 1.20. The highest BCUT2D eigenvalue weighted by molar-refractivity contribution is 6.39. The van der Waals surface area contributed by atoms with Crippen LogP contribution in [0.1, 0.15) is 26.3 Å². The average molecular weight is 410 g/mol. The largest absolute Gasteiger partial charge is 0.395 e. The molecule has 0 spiro atoms. The molecule has 0 bridgehead atoms. The van der Waals surface area contributed by atoms with E-state index in [0.29, 0.717) is 24.2 Å². The Bertz CT molecular complexity index is 1620. The fourth-order valence-corrected chi connectivity index (χ4v) is 5.50. The number of aromatic amines is 1. The molecule has 1 atom stereocenters. The molecule has 4 N–H and O–H groups in total. The number of nitrogens with one attached hydrogen (secondary N) is 3. The summed E-state index contributed by atoms with van der Waals surface area (Å²) in [4.78, 5) is 29.5. The van der Waals surface area contributed by atoms with Crippen LogP contribution in [0.15, 0.2) is 42.5 Å². The number of rotatable bonds is 1. The Morgan fingerprint density at radius 1 is 0.935 bits per heavy atom. The fraction of sp³-hybridized carbons (Fsp3) is 0.167. The first-order valence-corrected chi connectivity index (χ1v) is 10.4. The number of carbonyl (C=O) groups excluding carboxylic acids is 2. The van der Waals surface area contributed by atoms with Crippen molar-refractivity contribution >= 4 is 55.4 Å². The molecule has 2 aromatic heterocycles. The van der Waals surface area contributed by atoms with Gasteiger partial charge in [-0.25, -0.2) is 0 Å². The monoisotopic (exact) mass is 410 g/mol. The highest BCUT2D eigenvalue weighted by atomic mass is 16.3. The standard InChI is InChI=1S/C24H18N4O3/c29-10-12-9-28-21-11(8-25-12)4-3-6-14(21)17-19-18(23(30)27-24(19)31)16-13-5-1-2-7-15(13)26-20(16)22(17)28/h1-7,12,25-26,29H,8-10H2,(H,27,30,31)/t12-/m1/s1. The molecular weight excluding hydrogens is 392 g/mol. The summed E-state index contributed by atoms with van der Waals surface area (Å²) in [5.74, 6) is -0.703. The third-order valence-corrected chi connectivity index (χ3v) is 6.74. The Hall–Kier alpha value is -3.68. The zero-order valence-corrected chi connectivity index (χ0v) is 16.5. The van der Waals surface area contributed by atoms with Crippen molar-refractivity contribution in [2.75, 3.05) is 6.61 Å². The first kappa shape index (κ1) is 17.0. The number of nitrogens with zero attached hydrogens (tertiary/aromatic N) is 1. The normalized spacial score (nSPS) is 18.3. The number of hydrogen-bond donors (Lipinski definition) is 4. The van der Waals surface area contributed by atoms with Gasteiger partial charge in [-0.1, -0.05) is 36.4 Å². The summed E-state index contributed by atoms with van der Waals surface area (Å²) in [6, 6.07) is 13.8. The van der Waals surface area contributed by atoms with E-state index >= 15 is 0 Å². The average Bonchev–Trinajstić information content (AvgIpc) is 3.35. The quantitative estimate of drug-likeness (QED) is 0.319. The molecule has 5 aromatic rings. The van der Waals surface area contributed by atoms with E-state index in [2.05, 4.69) is 26.3 Å². The lowest BCUT2D eigenvalue weighted by Gasteiger charge is -2.15. The van der Waals surface area contributed by atoms with Crippen LogP contribution in [-0.2, 0) is 13.1 Å². The van der Waals surface area contributed by atoms with E-state index in [1.54, 1.807) is 0 Å². The molecule has 0 unspecified atom stereocenters. The van der Waals surface area contributed by atoms with Crippen LogP contribution in [0.25, 0.3) is 43.6 Å². The van der Waals surface area contributed by atoms with E-state index in [0.717, 1.165) is 49.2 Å². The van der Waals surface area contributed by atoms with Crippen molar-refractivity contribution in [2.24, 2.45) is 0 Å². The lowest BCUT2D eigenvalue weighted by molar-refractivity contribution is 0.0880. The molecule has 7 nitrogen and oxygen atoms in total. The molecule has 3 aromatic carbocycles. The number of aliphatic hydroxyl groups excluding tert-OH is 1. The minimum atomic E-state index is -0.351. The van der Waals surface area contributed by atoms with Gasteiger partial charge in [0, 0.05) is 46.2 Å². The highest BCUT2D eigenvalue weighted by Crippen LogP contribution is 2.44. The number of aromatic nitrogens is 2. The zero-order chi connectivity index (χ0) is 20.9. The van der Waals surface area contributed by atoms with Crippen LogP contribution in [0.5, 0.6) is 0 Å². The summed E-state index contributed by atoms with van der Waals surface area (Å²) in [6.07, 6.45) is 0. The van der Waals surface area contributed by atoms with E-state index in [1.165, 1.54) is 0 Å². The fourth-order valence-electron chi connectivity index (χ4n) is 5.50. The molecule has 7 heteroatoms. The third-order valence-electron chi connectivity index (χ3n) is 6.74. The smallest absolute Gasteiger partial charge is 0.259 e. The Morgan fingerprint density at radius 2 is 1.71 bits per heavy atom. The first-order chi connectivity index (χ1) is 15.2. The van der Waals surface area contributed by atoms with Gasteiger partial charge in [-0.15, -0.1) is 0 Å². The van der Waals surface area contributed by atoms with Gasteiger partial charge in [0.2, 0.25) is 0 Å². The van der Waals surface area contributed by atoms with Gasteiger partial charge in [0.05, 0.1) is 34.3 Å². The lowest BCUT2D eigenvalue weighted by atomic mass is 9.96. The number of para-hydroxylation sites is 2. The maximum atomic E-state index is 13.0. The van der Waals surface area contributed by atoms with Gasteiger partial charge >= 0.3 is 0 Å². The molecule has 0 radical (unpaired) electrons. The predicted molar refractivity (Wildman–Crippen MR) is 118 cm³/mol. The topological polar surface area (TPSA) is 99.2 Å². The molecular formula is C24H18N4O3. The minimum Gasteiger partial charge on any atom is -0.395 e. The molecule has 0 fully saturated rings. The third kappa shape index (κ3) is 2.00. The number of hydrogen-bond acceptors (Lipinski definition) is 4. The number of H-pyrrole nitrogens is 1. The van der Waals surface area contributed by atoms with Crippen molar-refractivity contribution in [3.63, 3.8) is 0 Å². The van der Waals surface area contributed by atoms with Crippen LogP contribution in [0.2, 0.25) is 0 Å². The zero-order valence-electron chi connectivity index (χ0n) is 16.5. The van der Waals surface area contributed by atoms with Crippen molar-refractivity contribution < 1.29 is 14.7 Å². The molecule has 7 rings (SSSR count). The number of aliphatic hydroxyl groups is 1. The van der Waals surface area contributed by atoms with Crippen LogP contribution in [0.4, 0.5) is 0 Å². The summed E-state index contributed by atoms with van der Waals surface area (Å²) in [7, 11) is 0. The van der Waals surface area contributed by atoms with Crippen LogP contribution in [0.3, 0.4) is 0 Å². The van der Waals surface area contributed by atoms with E-state index in [9.17, 15) is 14.7 Å². The van der Waals surface area contributed by atoms with Gasteiger partial charge in [0.15, 0.2) is 0 Å². The molecule has 0 saturated carbocycles. The van der Waals surface area contributed by atoms with Crippen LogP contribution >= 0.6 is 0 Å². The van der Waals surface area contributed by atoms with Gasteiger partial charge in [-0.05, 0) is 11.6 Å². The van der Waals surface area contributed by atoms with E-state index in [4.69, 9.17) is 0 Å². The molecule has 31 heavy (non-hydrogen) atoms. The van der Waals surface area contributed by atoms with E-state index < -0.39 is 0 Å². The second kappa shape index (κ2) is 5.72. The number of carbonyl (C=O) groups is 2. The highest BCUT2D eigenvalue weighted by Gasteiger charge is 2.36. The van der Waals surface area contributed by atoms with E-state index in [1.807, 2.05) is 36.4 Å². The summed E-state index contributed by atoms with van der Waals surface area (Å²) >= 11 is 0. The summed E-state index contributed by atoms with van der Waals surface area (Å²) < 4.78 is 2.20. The molecule has 152 valence electrons. The van der Waals surface area contributed by atoms with Crippen molar-refractivity contribution in [3.8, 4) is 0 Å². The molecule has 2 aliphatic rings. The Morgan fingerprint density at radius 3 is 2.55 bits per heavy atom. The second-order valence-corrected chi connectivity index (χ2v) is 8.36. The predicted octanol–water partition coefficient (Wildman–Crippen LogP) is 2.78. The summed E-state index contributed by atoms with van der Waals surface area (Å²) in [5, 5.41) is 19.3. The number of amides is 2. The van der Waals surface area contributed by atoms with E-state index in [-0.39, 0.29) is 24.5 Å². The van der Waals surface area contributed by atoms with Crippen LogP contribution in [0, 0.1) is 0 Å². The Balaban J connectivity index is 1.82. The van der Waals surface area contributed by atoms with Crippen LogP contribution in [-0.4, -0.2) is 39.1 Å². The molecule has 0 aliphatic carbocycles.